The highest BCUT2D eigenvalue weighted by molar-refractivity contribution is 5.49. The van der Waals surface area contributed by atoms with Crippen molar-refractivity contribution in [3.05, 3.63) is 41.9 Å². The molecule has 0 aliphatic rings. The number of aromatic nitrogens is 2. The molecular formula is C11H14N4. The molecule has 0 aliphatic heterocycles. The highest BCUT2D eigenvalue weighted by Crippen LogP contribution is 2.12. The molecule has 0 amide bonds. The zero-order valence-corrected chi connectivity index (χ0v) is 8.86. The van der Waals surface area contributed by atoms with E-state index in [4.69, 9.17) is 5.73 Å². The van der Waals surface area contributed by atoms with Gasteiger partial charge in [0.25, 0.3) is 0 Å². The summed E-state index contributed by atoms with van der Waals surface area (Å²) in [5.41, 5.74) is 12.1. The molecule has 78 valence electrons. The van der Waals surface area contributed by atoms with Crippen LogP contribution in [0.5, 0.6) is 0 Å². The number of nitrogens with zero attached hydrogens (tertiary/aromatic N) is 2. The monoisotopic (exact) mass is 202 g/mol. The van der Waals surface area contributed by atoms with Crippen LogP contribution in [0.15, 0.2) is 30.5 Å². The highest BCUT2D eigenvalue weighted by atomic mass is 15.4. The number of anilines is 2. The number of nitrogens with two attached hydrogens (primary N) is 1. The summed E-state index contributed by atoms with van der Waals surface area (Å²) in [5.74, 6) is 0.516. The molecule has 0 saturated carbocycles. The van der Waals surface area contributed by atoms with Gasteiger partial charge in [-0.05, 0) is 32.0 Å². The topological polar surface area (TPSA) is 55.9 Å². The average Bonchev–Trinajstić information content (AvgIpc) is 2.50. The van der Waals surface area contributed by atoms with Crippen molar-refractivity contribution >= 4 is 11.5 Å². The number of aryl methyl sites for hydroxylation is 2. The maximum atomic E-state index is 5.60. The van der Waals surface area contributed by atoms with E-state index in [2.05, 4.69) is 22.5 Å². The molecule has 4 heteroatoms. The van der Waals surface area contributed by atoms with Gasteiger partial charge >= 0.3 is 0 Å². The SMILES string of the molecule is Cc1ccc(C)n1Nc1ccnc(N)c1. The van der Waals surface area contributed by atoms with Crippen LogP contribution < -0.4 is 11.2 Å². The third kappa shape index (κ3) is 1.93. The smallest absolute Gasteiger partial charge is 0.125 e. The van der Waals surface area contributed by atoms with Crippen molar-refractivity contribution in [2.75, 3.05) is 11.2 Å². The first-order valence-electron chi connectivity index (χ1n) is 4.80. The summed E-state index contributed by atoms with van der Waals surface area (Å²) < 4.78 is 2.01. The van der Waals surface area contributed by atoms with Crippen molar-refractivity contribution in [2.45, 2.75) is 13.8 Å². The van der Waals surface area contributed by atoms with E-state index in [0.29, 0.717) is 5.82 Å². The molecule has 0 radical (unpaired) electrons. The molecule has 2 heterocycles. The molecule has 3 N–H and O–H groups in total. The van der Waals surface area contributed by atoms with Gasteiger partial charge in [0.05, 0.1) is 5.69 Å². The van der Waals surface area contributed by atoms with Gasteiger partial charge in [-0.25, -0.2) is 4.98 Å². The fourth-order valence-electron chi connectivity index (χ4n) is 1.49. The molecule has 0 fully saturated rings. The maximum Gasteiger partial charge on any atom is 0.125 e. The summed E-state index contributed by atoms with van der Waals surface area (Å²) in [5, 5.41) is 0. The predicted octanol–water partition coefficient (Wildman–Crippen LogP) is 1.96. The minimum absolute atomic E-state index is 0.516. The number of hydrogen-bond acceptors (Lipinski definition) is 3. The van der Waals surface area contributed by atoms with Gasteiger partial charge in [-0.2, -0.15) is 0 Å². The van der Waals surface area contributed by atoms with Gasteiger partial charge < -0.3 is 5.73 Å². The quantitative estimate of drug-likeness (QED) is 0.782. The fourth-order valence-corrected chi connectivity index (χ4v) is 1.49. The van der Waals surface area contributed by atoms with Crippen LogP contribution in [0.25, 0.3) is 0 Å². The summed E-state index contributed by atoms with van der Waals surface area (Å²) in [6.45, 7) is 4.09. The third-order valence-electron chi connectivity index (χ3n) is 2.29. The molecule has 0 aliphatic carbocycles. The summed E-state index contributed by atoms with van der Waals surface area (Å²) in [7, 11) is 0. The Morgan fingerprint density at radius 3 is 2.47 bits per heavy atom. The first-order chi connectivity index (χ1) is 7.16. The Hall–Kier alpha value is -1.97. The highest BCUT2D eigenvalue weighted by Gasteiger charge is 2.00. The van der Waals surface area contributed by atoms with Crippen molar-refractivity contribution in [1.82, 2.24) is 9.66 Å². The molecule has 0 aromatic carbocycles. The van der Waals surface area contributed by atoms with Gasteiger partial charge in [0.15, 0.2) is 0 Å². The zero-order valence-electron chi connectivity index (χ0n) is 8.86. The maximum absolute atomic E-state index is 5.60. The minimum Gasteiger partial charge on any atom is -0.384 e. The second-order valence-electron chi connectivity index (χ2n) is 3.53. The minimum atomic E-state index is 0.516. The van der Waals surface area contributed by atoms with Crippen molar-refractivity contribution < 1.29 is 0 Å². The van der Waals surface area contributed by atoms with Gasteiger partial charge in [-0.15, -0.1) is 0 Å². The largest absolute Gasteiger partial charge is 0.384 e. The lowest BCUT2D eigenvalue weighted by Gasteiger charge is -2.12. The standard InChI is InChI=1S/C11H14N4/c1-8-3-4-9(2)15(8)14-10-5-6-13-11(12)7-10/h3-7H,1-2H3,(H3,12,13,14). The summed E-state index contributed by atoms with van der Waals surface area (Å²) >= 11 is 0. The lowest BCUT2D eigenvalue weighted by molar-refractivity contribution is 0.881. The molecule has 15 heavy (non-hydrogen) atoms. The normalized spacial score (nSPS) is 10.3. The Morgan fingerprint density at radius 2 is 1.87 bits per heavy atom. The van der Waals surface area contributed by atoms with Crippen LogP contribution in [-0.4, -0.2) is 9.66 Å². The molecule has 0 spiro atoms. The van der Waals surface area contributed by atoms with Crippen LogP contribution in [0.1, 0.15) is 11.4 Å². The second kappa shape index (κ2) is 3.65. The summed E-state index contributed by atoms with van der Waals surface area (Å²) in [6, 6.07) is 7.81. The Morgan fingerprint density at radius 1 is 1.20 bits per heavy atom. The number of rotatable bonds is 2. The van der Waals surface area contributed by atoms with E-state index in [0.717, 1.165) is 17.1 Å². The van der Waals surface area contributed by atoms with Crippen LogP contribution in [0.2, 0.25) is 0 Å². The van der Waals surface area contributed by atoms with E-state index in [1.165, 1.54) is 0 Å². The number of pyridine rings is 1. The van der Waals surface area contributed by atoms with Crippen LogP contribution in [0.4, 0.5) is 11.5 Å². The number of nitrogen functional groups attached to an aromatic ring is 1. The van der Waals surface area contributed by atoms with Gasteiger partial charge in [0, 0.05) is 23.7 Å². The lowest BCUT2D eigenvalue weighted by atomic mass is 10.4. The van der Waals surface area contributed by atoms with Crippen LogP contribution in [-0.2, 0) is 0 Å². The Labute approximate surface area is 88.7 Å². The first kappa shape index (κ1) is 9.58. The molecule has 2 aromatic heterocycles. The fraction of sp³-hybridized carbons (Fsp3) is 0.182. The van der Waals surface area contributed by atoms with E-state index in [1.54, 1.807) is 12.3 Å². The van der Waals surface area contributed by atoms with E-state index < -0.39 is 0 Å². The van der Waals surface area contributed by atoms with Crippen LogP contribution in [0.3, 0.4) is 0 Å². The molecule has 2 rings (SSSR count). The van der Waals surface area contributed by atoms with Crippen LogP contribution >= 0.6 is 0 Å². The summed E-state index contributed by atoms with van der Waals surface area (Å²) in [6.07, 6.45) is 1.69. The van der Waals surface area contributed by atoms with E-state index in [1.807, 2.05) is 24.6 Å². The number of hydrogen-bond donors (Lipinski definition) is 2. The molecule has 0 unspecified atom stereocenters. The Balaban J connectivity index is 2.29. The lowest BCUT2D eigenvalue weighted by Crippen LogP contribution is -2.12. The van der Waals surface area contributed by atoms with E-state index >= 15 is 0 Å². The zero-order chi connectivity index (χ0) is 10.8. The molecule has 4 nitrogen and oxygen atoms in total. The van der Waals surface area contributed by atoms with Gasteiger partial charge in [0.2, 0.25) is 0 Å². The van der Waals surface area contributed by atoms with Gasteiger partial charge in [0.1, 0.15) is 5.82 Å². The molecule has 0 saturated heterocycles. The van der Waals surface area contributed by atoms with Crippen molar-refractivity contribution in [1.29, 1.82) is 0 Å². The average molecular weight is 202 g/mol. The van der Waals surface area contributed by atoms with Gasteiger partial charge in [-0.1, -0.05) is 0 Å². The van der Waals surface area contributed by atoms with Crippen molar-refractivity contribution in [3.63, 3.8) is 0 Å². The first-order valence-corrected chi connectivity index (χ1v) is 4.80. The molecule has 0 bridgehead atoms. The Kier molecular flexibility index (Phi) is 2.33. The molecule has 0 atom stereocenters. The molecular weight excluding hydrogens is 188 g/mol. The number of nitrogens with one attached hydrogen (secondary N) is 1. The second-order valence-corrected chi connectivity index (χ2v) is 3.53. The third-order valence-corrected chi connectivity index (χ3v) is 2.29. The van der Waals surface area contributed by atoms with Crippen LogP contribution in [0, 0.1) is 13.8 Å². The molecule has 2 aromatic rings. The summed E-state index contributed by atoms with van der Waals surface area (Å²) in [4.78, 5) is 3.94. The van der Waals surface area contributed by atoms with Crippen molar-refractivity contribution in [2.24, 2.45) is 0 Å². The Bertz CT molecular complexity index is 454. The predicted molar refractivity (Wildman–Crippen MR) is 61.6 cm³/mol. The van der Waals surface area contributed by atoms with Gasteiger partial charge in [-0.3, -0.25) is 10.1 Å². The van der Waals surface area contributed by atoms with Crippen molar-refractivity contribution in [3.8, 4) is 0 Å². The van der Waals surface area contributed by atoms with E-state index in [-0.39, 0.29) is 0 Å². The van der Waals surface area contributed by atoms with E-state index in [9.17, 15) is 0 Å².